The van der Waals surface area contributed by atoms with Crippen molar-refractivity contribution in [2.45, 2.75) is 5.41 Å². The van der Waals surface area contributed by atoms with Crippen LogP contribution in [0.15, 0.2) is 42.6 Å². The molecule has 2 heterocycles. The molecule has 1 aliphatic rings. The molecule has 0 spiro atoms. The van der Waals surface area contributed by atoms with Crippen LogP contribution in [0.3, 0.4) is 0 Å². The average Bonchev–Trinajstić information content (AvgIpc) is 2.38. The molecule has 1 saturated heterocycles. The fourth-order valence-electron chi connectivity index (χ4n) is 2.01. The quantitative estimate of drug-likeness (QED) is 0.900. The van der Waals surface area contributed by atoms with Crippen molar-refractivity contribution in [3.8, 4) is 11.3 Å². The molecule has 3 rings (SSSR count). The monoisotopic (exact) mass is 256 g/mol. The largest absolute Gasteiger partial charge is 0.480 e. The van der Waals surface area contributed by atoms with Crippen molar-refractivity contribution in [1.29, 1.82) is 0 Å². The van der Waals surface area contributed by atoms with Gasteiger partial charge < -0.3 is 9.84 Å². The number of ether oxygens (including phenoxy) is 1. The fourth-order valence-corrected chi connectivity index (χ4v) is 2.01. The van der Waals surface area contributed by atoms with E-state index in [1.807, 2.05) is 30.3 Å². The van der Waals surface area contributed by atoms with E-state index >= 15 is 0 Å². The van der Waals surface area contributed by atoms with Crippen LogP contribution in [0.2, 0.25) is 0 Å². The van der Waals surface area contributed by atoms with Gasteiger partial charge in [-0.15, -0.1) is 0 Å². The van der Waals surface area contributed by atoms with Gasteiger partial charge in [0.1, 0.15) is 0 Å². The molecule has 0 amide bonds. The zero-order chi connectivity index (χ0) is 13.3. The van der Waals surface area contributed by atoms with Crippen LogP contribution >= 0.6 is 0 Å². The summed E-state index contributed by atoms with van der Waals surface area (Å²) in [5.41, 5.74) is 0.565. The van der Waals surface area contributed by atoms with E-state index in [0.717, 1.165) is 11.3 Å². The second kappa shape index (κ2) is 4.44. The lowest BCUT2D eigenvalue weighted by molar-refractivity contribution is -0.164. The predicted octanol–water partition coefficient (Wildman–Crippen LogP) is 1.50. The Morgan fingerprint density at radius 1 is 1.21 bits per heavy atom. The molecule has 1 fully saturated rings. The SMILES string of the molecule is O=C(O)C1(c2nccc(-c3ccccc3)n2)COC1. The molecule has 0 radical (unpaired) electrons. The van der Waals surface area contributed by atoms with Crippen LogP contribution in [0.5, 0.6) is 0 Å². The van der Waals surface area contributed by atoms with Crippen molar-refractivity contribution in [3.63, 3.8) is 0 Å². The van der Waals surface area contributed by atoms with Gasteiger partial charge in [0.15, 0.2) is 11.2 Å². The number of hydrogen-bond acceptors (Lipinski definition) is 4. The number of hydrogen-bond donors (Lipinski definition) is 1. The van der Waals surface area contributed by atoms with Crippen LogP contribution in [0.25, 0.3) is 11.3 Å². The second-order valence-corrected chi connectivity index (χ2v) is 4.51. The van der Waals surface area contributed by atoms with Crippen LogP contribution in [-0.4, -0.2) is 34.3 Å². The van der Waals surface area contributed by atoms with Gasteiger partial charge in [-0.3, -0.25) is 4.79 Å². The third-order valence-electron chi connectivity index (χ3n) is 3.26. The lowest BCUT2D eigenvalue weighted by atomic mass is 9.85. The zero-order valence-corrected chi connectivity index (χ0v) is 10.1. The Morgan fingerprint density at radius 3 is 2.53 bits per heavy atom. The zero-order valence-electron chi connectivity index (χ0n) is 10.1. The summed E-state index contributed by atoms with van der Waals surface area (Å²) < 4.78 is 5.04. The third kappa shape index (κ3) is 1.88. The topological polar surface area (TPSA) is 72.3 Å². The minimum atomic E-state index is -1.09. The molecule has 1 aromatic heterocycles. The van der Waals surface area contributed by atoms with Crippen LogP contribution in [-0.2, 0) is 14.9 Å². The van der Waals surface area contributed by atoms with Crippen molar-refractivity contribution in [2.24, 2.45) is 0 Å². The van der Waals surface area contributed by atoms with E-state index in [1.54, 1.807) is 12.3 Å². The standard InChI is InChI=1S/C14H12N2O3/c17-13(18)14(8-19-9-14)12-15-7-6-11(16-12)10-4-2-1-3-5-10/h1-7H,8-9H2,(H,17,18). The number of carbonyl (C=O) groups is 1. The van der Waals surface area contributed by atoms with Gasteiger partial charge in [0.25, 0.3) is 0 Å². The molecular weight excluding hydrogens is 244 g/mol. The van der Waals surface area contributed by atoms with Gasteiger partial charge in [-0.2, -0.15) is 0 Å². The summed E-state index contributed by atoms with van der Waals surface area (Å²) in [5, 5.41) is 9.34. The third-order valence-corrected chi connectivity index (χ3v) is 3.26. The molecule has 1 aromatic carbocycles. The number of rotatable bonds is 3. The second-order valence-electron chi connectivity index (χ2n) is 4.51. The summed E-state index contributed by atoms with van der Waals surface area (Å²) in [5.74, 6) is -0.628. The highest BCUT2D eigenvalue weighted by Gasteiger charge is 2.50. The lowest BCUT2D eigenvalue weighted by Gasteiger charge is -2.35. The number of aliphatic carboxylic acids is 1. The number of nitrogens with zero attached hydrogens (tertiary/aromatic N) is 2. The van der Waals surface area contributed by atoms with Crippen molar-refractivity contribution in [3.05, 3.63) is 48.4 Å². The molecular formula is C14H12N2O3. The van der Waals surface area contributed by atoms with E-state index in [4.69, 9.17) is 4.74 Å². The van der Waals surface area contributed by atoms with Crippen LogP contribution < -0.4 is 0 Å². The van der Waals surface area contributed by atoms with E-state index in [0.29, 0.717) is 5.82 Å². The van der Waals surface area contributed by atoms with E-state index in [2.05, 4.69) is 9.97 Å². The first-order valence-corrected chi connectivity index (χ1v) is 5.92. The summed E-state index contributed by atoms with van der Waals surface area (Å²) >= 11 is 0. The first-order valence-electron chi connectivity index (χ1n) is 5.92. The van der Waals surface area contributed by atoms with E-state index < -0.39 is 11.4 Å². The van der Waals surface area contributed by atoms with Crippen LogP contribution in [0, 0.1) is 0 Å². The highest BCUT2D eigenvalue weighted by molar-refractivity contribution is 5.81. The normalized spacial score (nSPS) is 16.6. The molecule has 96 valence electrons. The summed E-state index contributed by atoms with van der Waals surface area (Å²) in [6.45, 7) is 0.251. The summed E-state index contributed by atoms with van der Waals surface area (Å²) in [6, 6.07) is 11.4. The highest BCUT2D eigenvalue weighted by atomic mass is 16.5. The Labute approximate surface area is 109 Å². The Bertz CT molecular complexity index is 609. The van der Waals surface area contributed by atoms with Gasteiger partial charge in [-0.25, -0.2) is 9.97 Å². The molecule has 1 N–H and O–H groups in total. The van der Waals surface area contributed by atoms with Gasteiger partial charge in [-0.05, 0) is 6.07 Å². The molecule has 0 bridgehead atoms. The maximum atomic E-state index is 11.4. The summed E-state index contributed by atoms with van der Waals surface area (Å²) in [4.78, 5) is 19.9. The molecule has 2 aromatic rings. The summed E-state index contributed by atoms with van der Waals surface area (Å²) in [6.07, 6.45) is 1.59. The molecule has 0 unspecified atom stereocenters. The fraction of sp³-hybridized carbons (Fsp3) is 0.214. The molecule has 0 saturated carbocycles. The van der Waals surface area contributed by atoms with Gasteiger partial charge in [-0.1, -0.05) is 30.3 Å². The van der Waals surface area contributed by atoms with Gasteiger partial charge in [0.2, 0.25) is 0 Å². The Balaban J connectivity index is 2.03. The number of carboxylic acid groups (broad SMARTS) is 1. The Kier molecular flexibility index (Phi) is 2.76. The van der Waals surface area contributed by atoms with Gasteiger partial charge >= 0.3 is 5.97 Å². The molecule has 1 aliphatic heterocycles. The molecule has 5 nitrogen and oxygen atoms in total. The van der Waals surface area contributed by atoms with Crippen LogP contribution in [0.1, 0.15) is 5.82 Å². The van der Waals surface area contributed by atoms with E-state index in [-0.39, 0.29) is 13.2 Å². The molecule has 19 heavy (non-hydrogen) atoms. The minimum absolute atomic E-state index is 0.126. The van der Waals surface area contributed by atoms with E-state index in [1.165, 1.54) is 0 Å². The Hall–Kier alpha value is -2.27. The highest BCUT2D eigenvalue weighted by Crippen LogP contribution is 2.31. The van der Waals surface area contributed by atoms with Crippen molar-refractivity contribution in [1.82, 2.24) is 9.97 Å². The first-order chi connectivity index (χ1) is 9.22. The number of aromatic nitrogens is 2. The maximum Gasteiger partial charge on any atom is 0.322 e. The Morgan fingerprint density at radius 2 is 1.95 bits per heavy atom. The molecule has 0 atom stereocenters. The van der Waals surface area contributed by atoms with Crippen molar-refractivity contribution >= 4 is 5.97 Å². The van der Waals surface area contributed by atoms with Gasteiger partial charge in [0.05, 0.1) is 18.9 Å². The number of benzene rings is 1. The van der Waals surface area contributed by atoms with Crippen LogP contribution in [0.4, 0.5) is 0 Å². The average molecular weight is 256 g/mol. The smallest absolute Gasteiger partial charge is 0.322 e. The van der Waals surface area contributed by atoms with Crippen molar-refractivity contribution in [2.75, 3.05) is 13.2 Å². The number of carboxylic acids is 1. The minimum Gasteiger partial charge on any atom is -0.480 e. The maximum absolute atomic E-state index is 11.4. The molecule has 5 heteroatoms. The van der Waals surface area contributed by atoms with Gasteiger partial charge in [0, 0.05) is 11.8 Å². The summed E-state index contributed by atoms with van der Waals surface area (Å²) in [7, 11) is 0. The molecule has 0 aliphatic carbocycles. The van der Waals surface area contributed by atoms with E-state index in [9.17, 15) is 9.90 Å². The lowest BCUT2D eigenvalue weighted by Crippen LogP contribution is -2.54. The first kappa shape index (κ1) is 11.8. The predicted molar refractivity (Wildman–Crippen MR) is 67.6 cm³/mol. The van der Waals surface area contributed by atoms with Crippen molar-refractivity contribution < 1.29 is 14.6 Å².